The average Bonchev–Trinajstić information content (AvgIpc) is 2.64. The highest BCUT2D eigenvalue weighted by molar-refractivity contribution is 5.69. The summed E-state index contributed by atoms with van der Waals surface area (Å²) in [5, 5.41) is 0. The Morgan fingerprint density at radius 1 is 1.11 bits per heavy atom. The molecule has 2 heterocycles. The van der Waals surface area contributed by atoms with Gasteiger partial charge in [-0.25, -0.2) is 9.59 Å². The van der Waals surface area contributed by atoms with E-state index in [2.05, 4.69) is 4.98 Å². The van der Waals surface area contributed by atoms with Crippen molar-refractivity contribution in [2.45, 2.75) is 26.3 Å². The number of H-pyrrole nitrogens is 1. The number of hydrogen-bond donors (Lipinski definition) is 1. The predicted molar refractivity (Wildman–Crippen MR) is 67.9 cm³/mol. The van der Waals surface area contributed by atoms with Crippen LogP contribution in [0.1, 0.15) is 19.8 Å². The second-order valence-electron chi connectivity index (χ2n) is 4.34. The van der Waals surface area contributed by atoms with Crippen molar-refractivity contribution in [2.24, 2.45) is 14.1 Å². The van der Waals surface area contributed by atoms with Crippen LogP contribution in [0, 0.1) is 0 Å². The highest BCUT2D eigenvalue weighted by Crippen LogP contribution is 2.00. The Bertz CT molecular complexity index is 759. The lowest BCUT2D eigenvalue weighted by atomic mass is 10.3. The fraction of sp³-hybridized carbons (Fsp3) is 0.545. The van der Waals surface area contributed by atoms with Crippen LogP contribution in [0.4, 0.5) is 0 Å². The lowest BCUT2D eigenvalue weighted by Crippen LogP contribution is -2.39. The van der Waals surface area contributed by atoms with Gasteiger partial charge in [-0.1, -0.05) is 13.3 Å². The van der Waals surface area contributed by atoms with Gasteiger partial charge in [0.2, 0.25) is 0 Å². The number of nitrogens with zero attached hydrogens (tertiary/aromatic N) is 3. The average molecular weight is 252 g/mol. The molecule has 0 aromatic carbocycles. The van der Waals surface area contributed by atoms with Gasteiger partial charge in [-0.15, -0.1) is 0 Å². The van der Waals surface area contributed by atoms with Crippen molar-refractivity contribution in [3.8, 4) is 0 Å². The molecule has 7 nitrogen and oxygen atoms in total. The molecular formula is C11H16N4O3. The lowest BCUT2D eigenvalue weighted by molar-refractivity contribution is 0.565. The van der Waals surface area contributed by atoms with Gasteiger partial charge in [-0.05, 0) is 6.42 Å². The van der Waals surface area contributed by atoms with E-state index in [-0.39, 0.29) is 11.2 Å². The summed E-state index contributed by atoms with van der Waals surface area (Å²) in [5.74, 6) is 0. The number of hydrogen-bond acceptors (Lipinski definition) is 3. The predicted octanol–water partition coefficient (Wildman–Crippen LogP) is -0.473. The maximum atomic E-state index is 12.2. The third kappa shape index (κ3) is 1.62. The molecule has 2 aromatic heterocycles. The smallest absolute Gasteiger partial charge is 0.291 e. The number of nitrogens with one attached hydrogen (secondary N) is 1. The van der Waals surface area contributed by atoms with Gasteiger partial charge < -0.3 is 0 Å². The van der Waals surface area contributed by atoms with Crippen LogP contribution in [0.25, 0.3) is 11.2 Å². The van der Waals surface area contributed by atoms with E-state index in [4.69, 9.17) is 0 Å². The van der Waals surface area contributed by atoms with Gasteiger partial charge >= 0.3 is 11.4 Å². The number of fused-ring (bicyclic) bond motifs is 1. The van der Waals surface area contributed by atoms with E-state index in [1.165, 1.54) is 20.7 Å². The Balaban J connectivity index is 2.90. The molecule has 18 heavy (non-hydrogen) atoms. The summed E-state index contributed by atoms with van der Waals surface area (Å²) >= 11 is 0. The van der Waals surface area contributed by atoms with Crippen molar-refractivity contribution < 1.29 is 0 Å². The highest BCUT2D eigenvalue weighted by atomic mass is 16.2. The van der Waals surface area contributed by atoms with Gasteiger partial charge in [0.25, 0.3) is 5.56 Å². The van der Waals surface area contributed by atoms with Crippen molar-refractivity contribution in [3.05, 3.63) is 31.3 Å². The Morgan fingerprint density at radius 2 is 1.78 bits per heavy atom. The number of unbranched alkanes of at least 4 members (excludes halogenated alkanes) is 1. The molecule has 0 fully saturated rings. The van der Waals surface area contributed by atoms with E-state index in [9.17, 15) is 14.4 Å². The third-order valence-electron chi connectivity index (χ3n) is 3.13. The number of aromatic amines is 1. The van der Waals surface area contributed by atoms with Crippen molar-refractivity contribution in [3.63, 3.8) is 0 Å². The molecule has 0 unspecified atom stereocenters. The van der Waals surface area contributed by atoms with Crippen LogP contribution in [-0.4, -0.2) is 18.7 Å². The molecule has 0 saturated heterocycles. The van der Waals surface area contributed by atoms with Crippen LogP contribution in [-0.2, 0) is 20.6 Å². The van der Waals surface area contributed by atoms with Gasteiger partial charge in [-0.3, -0.25) is 23.5 Å². The van der Waals surface area contributed by atoms with Gasteiger partial charge in [-0.2, -0.15) is 0 Å². The molecule has 98 valence electrons. The molecule has 0 bridgehead atoms. The van der Waals surface area contributed by atoms with Gasteiger partial charge in [0.05, 0.1) is 0 Å². The maximum Gasteiger partial charge on any atom is 0.332 e. The highest BCUT2D eigenvalue weighted by Gasteiger charge is 2.15. The summed E-state index contributed by atoms with van der Waals surface area (Å²) in [7, 11) is 3.06. The van der Waals surface area contributed by atoms with Crippen molar-refractivity contribution in [2.75, 3.05) is 0 Å². The fourth-order valence-electron chi connectivity index (χ4n) is 2.00. The number of imidazole rings is 1. The summed E-state index contributed by atoms with van der Waals surface area (Å²) in [4.78, 5) is 38.3. The summed E-state index contributed by atoms with van der Waals surface area (Å²) in [6, 6.07) is 0. The monoisotopic (exact) mass is 252 g/mol. The normalized spacial score (nSPS) is 11.3. The van der Waals surface area contributed by atoms with Crippen molar-refractivity contribution >= 4 is 11.2 Å². The molecule has 0 spiro atoms. The molecule has 0 aliphatic heterocycles. The molecule has 0 saturated carbocycles. The minimum atomic E-state index is -0.414. The van der Waals surface area contributed by atoms with Crippen LogP contribution in [0.15, 0.2) is 14.4 Å². The molecule has 0 aliphatic carbocycles. The fourth-order valence-corrected chi connectivity index (χ4v) is 2.00. The quantitative estimate of drug-likeness (QED) is 0.801. The minimum Gasteiger partial charge on any atom is -0.291 e. The second-order valence-corrected chi connectivity index (χ2v) is 4.34. The van der Waals surface area contributed by atoms with Crippen LogP contribution in [0.2, 0.25) is 0 Å². The SMILES string of the molecule is CCCCn1c(=O)c2c([nH]c(=O)n2C)n(C)c1=O. The second kappa shape index (κ2) is 4.32. The first-order valence-electron chi connectivity index (χ1n) is 5.87. The topological polar surface area (TPSA) is 81.8 Å². The summed E-state index contributed by atoms with van der Waals surface area (Å²) < 4.78 is 3.71. The maximum absolute atomic E-state index is 12.2. The van der Waals surface area contributed by atoms with E-state index in [1.54, 1.807) is 7.05 Å². The van der Waals surface area contributed by atoms with E-state index in [0.717, 1.165) is 12.8 Å². The molecular weight excluding hydrogens is 236 g/mol. The largest absolute Gasteiger partial charge is 0.332 e. The minimum absolute atomic E-state index is 0.234. The molecule has 0 radical (unpaired) electrons. The molecule has 0 aliphatic rings. The molecule has 1 N–H and O–H groups in total. The van der Waals surface area contributed by atoms with Crippen LogP contribution < -0.4 is 16.9 Å². The summed E-state index contributed by atoms with van der Waals surface area (Å²) in [6.07, 6.45) is 1.64. The van der Waals surface area contributed by atoms with Gasteiger partial charge in [0, 0.05) is 20.6 Å². The van der Waals surface area contributed by atoms with E-state index >= 15 is 0 Å². The van der Waals surface area contributed by atoms with Crippen molar-refractivity contribution in [1.29, 1.82) is 0 Å². The molecule has 0 amide bonds. The molecule has 7 heteroatoms. The Kier molecular flexibility index (Phi) is 2.98. The standard InChI is InChI=1S/C11H16N4O3/c1-4-5-6-15-9(16)7-8(14(3)11(15)18)12-10(17)13(7)2/h4-6H2,1-3H3,(H,12,17). The zero-order valence-corrected chi connectivity index (χ0v) is 10.7. The summed E-state index contributed by atoms with van der Waals surface area (Å²) in [6.45, 7) is 2.36. The first-order chi connectivity index (χ1) is 8.49. The van der Waals surface area contributed by atoms with Crippen LogP contribution in [0.3, 0.4) is 0 Å². The zero-order valence-electron chi connectivity index (χ0n) is 10.7. The Labute approximate surface area is 102 Å². The number of aryl methyl sites for hydroxylation is 2. The third-order valence-corrected chi connectivity index (χ3v) is 3.13. The molecule has 0 atom stereocenters. The van der Waals surface area contributed by atoms with E-state index in [1.807, 2.05) is 6.92 Å². The van der Waals surface area contributed by atoms with Crippen LogP contribution >= 0.6 is 0 Å². The molecule has 2 rings (SSSR count). The Hall–Kier alpha value is -2.05. The Morgan fingerprint density at radius 3 is 2.39 bits per heavy atom. The van der Waals surface area contributed by atoms with E-state index < -0.39 is 16.9 Å². The molecule has 2 aromatic rings. The number of rotatable bonds is 3. The van der Waals surface area contributed by atoms with Crippen LogP contribution in [0.5, 0.6) is 0 Å². The lowest BCUT2D eigenvalue weighted by Gasteiger charge is -2.07. The first kappa shape index (κ1) is 12.4. The van der Waals surface area contributed by atoms with Gasteiger partial charge in [0.15, 0.2) is 5.52 Å². The van der Waals surface area contributed by atoms with Crippen molar-refractivity contribution in [1.82, 2.24) is 18.7 Å². The van der Waals surface area contributed by atoms with Gasteiger partial charge in [0.1, 0.15) is 5.65 Å². The first-order valence-corrected chi connectivity index (χ1v) is 5.87. The summed E-state index contributed by atoms with van der Waals surface area (Å²) in [5.41, 5.74) is -0.709. The van der Waals surface area contributed by atoms with E-state index in [0.29, 0.717) is 6.54 Å². The zero-order chi connectivity index (χ0) is 13.4. The number of aromatic nitrogens is 4.